The maximum Gasteiger partial charge on any atom is 0.253 e. The molecule has 3 aromatic rings. The Morgan fingerprint density at radius 3 is 2.55 bits per heavy atom. The number of likely N-dealkylation sites (tertiary alicyclic amines) is 1. The molecule has 1 aromatic carbocycles. The number of rotatable bonds is 4. The summed E-state index contributed by atoms with van der Waals surface area (Å²) in [5, 5.41) is 16.3. The summed E-state index contributed by atoms with van der Waals surface area (Å²) < 4.78 is 4.14. The Balaban J connectivity index is 0.00000136. The second kappa shape index (κ2) is 10.3. The number of hydrogen-bond donors (Lipinski definition) is 1. The summed E-state index contributed by atoms with van der Waals surface area (Å²) in [6, 6.07) is 9.79. The van der Waals surface area contributed by atoms with Gasteiger partial charge < -0.3 is 14.8 Å². The average molecular weight is 464 g/mol. The van der Waals surface area contributed by atoms with Crippen LogP contribution in [-0.4, -0.2) is 55.0 Å². The number of halogens is 2. The minimum absolute atomic E-state index is 0. The zero-order valence-corrected chi connectivity index (χ0v) is 18.8. The number of carbonyl (C=O) groups excluding carboxylic acids is 1. The molecule has 2 aromatic heterocycles. The van der Waals surface area contributed by atoms with E-state index in [0.29, 0.717) is 12.5 Å². The number of nitrogens with zero attached hydrogens (tertiary/aromatic N) is 6. The van der Waals surface area contributed by atoms with Gasteiger partial charge in [0.25, 0.3) is 5.91 Å². The first kappa shape index (κ1) is 23.2. The fourth-order valence-corrected chi connectivity index (χ4v) is 4.27. The zero-order valence-electron chi connectivity index (χ0n) is 17.2. The molecular weight excluding hydrogens is 437 g/mol. The number of hydrogen-bond acceptors (Lipinski definition) is 5. The van der Waals surface area contributed by atoms with Crippen molar-refractivity contribution in [2.75, 3.05) is 19.6 Å². The highest BCUT2D eigenvalue weighted by Crippen LogP contribution is 2.28. The molecule has 1 fully saturated rings. The fourth-order valence-electron chi connectivity index (χ4n) is 4.27. The van der Waals surface area contributed by atoms with Crippen molar-refractivity contribution in [3.05, 3.63) is 65.5 Å². The monoisotopic (exact) mass is 463 g/mol. The highest BCUT2D eigenvalue weighted by atomic mass is 35.5. The Morgan fingerprint density at radius 1 is 1.06 bits per heavy atom. The van der Waals surface area contributed by atoms with E-state index in [9.17, 15) is 4.79 Å². The number of benzene rings is 1. The van der Waals surface area contributed by atoms with Crippen LogP contribution in [0.4, 0.5) is 0 Å². The molecule has 0 spiro atoms. The van der Waals surface area contributed by atoms with Crippen LogP contribution in [0, 0.1) is 0 Å². The van der Waals surface area contributed by atoms with E-state index in [-0.39, 0.29) is 30.7 Å². The maximum atomic E-state index is 12.9. The van der Waals surface area contributed by atoms with E-state index in [1.807, 2.05) is 46.1 Å². The fraction of sp³-hybridized carbons (Fsp3) is 0.429. The molecule has 1 N–H and O–H groups in total. The molecule has 0 radical (unpaired) electrons. The summed E-state index contributed by atoms with van der Waals surface area (Å²) in [6.07, 6.45) is 5.59. The maximum absolute atomic E-state index is 12.9. The molecule has 5 rings (SSSR count). The minimum Gasteiger partial charge on any atom is -0.339 e. The summed E-state index contributed by atoms with van der Waals surface area (Å²) in [7, 11) is 0. The minimum atomic E-state index is 0. The SMILES string of the molecule is Cl.Cl.O=C(c1ccc(Cn2cccn2)cc1)N1CCC(c2nnc3n2CCNC3)CC1. The molecule has 0 unspecified atom stereocenters. The summed E-state index contributed by atoms with van der Waals surface area (Å²) in [5.74, 6) is 2.62. The topological polar surface area (TPSA) is 80.9 Å². The van der Waals surface area contributed by atoms with E-state index in [0.717, 1.165) is 68.3 Å². The van der Waals surface area contributed by atoms with Gasteiger partial charge in [-0.2, -0.15) is 5.10 Å². The number of amides is 1. The third kappa shape index (κ3) is 4.92. The summed E-state index contributed by atoms with van der Waals surface area (Å²) >= 11 is 0. The van der Waals surface area contributed by atoms with Crippen LogP contribution in [0.15, 0.2) is 42.7 Å². The van der Waals surface area contributed by atoms with Gasteiger partial charge in [0.05, 0.1) is 13.1 Å². The molecule has 1 saturated heterocycles. The van der Waals surface area contributed by atoms with Gasteiger partial charge in [-0.15, -0.1) is 35.0 Å². The van der Waals surface area contributed by atoms with Crippen molar-refractivity contribution in [1.82, 2.24) is 34.8 Å². The smallest absolute Gasteiger partial charge is 0.253 e. The van der Waals surface area contributed by atoms with Crippen molar-refractivity contribution < 1.29 is 4.79 Å². The van der Waals surface area contributed by atoms with Crippen molar-refractivity contribution >= 4 is 30.7 Å². The van der Waals surface area contributed by atoms with Crippen LogP contribution in [0.1, 0.15) is 46.3 Å². The van der Waals surface area contributed by atoms with Gasteiger partial charge in [0.1, 0.15) is 11.6 Å². The van der Waals surface area contributed by atoms with Gasteiger partial charge in [-0.3, -0.25) is 9.48 Å². The second-order valence-electron chi connectivity index (χ2n) is 7.77. The van der Waals surface area contributed by atoms with Gasteiger partial charge >= 0.3 is 0 Å². The molecule has 0 bridgehead atoms. The van der Waals surface area contributed by atoms with E-state index in [1.165, 1.54) is 0 Å². The number of piperidine rings is 1. The van der Waals surface area contributed by atoms with E-state index in [1.54, 1.807) is 6.20 Å². The quantitative estimate of drug-likeness (QED) is 0.642. The number of aromatic nitrogens is 5. The average Bonchev–Trinajstić information content (AvgIpc) is 3.44. The summed E-state index contributed by atoms with van der Waals surface area (Å²) in [4.78, 5) is 14.9. The molecular formula is C21H27Cl2N7O. The van der Waals surface area contributed by atoms with Crippen LogP contribution in [0.5, 0.6) is 0 Å². The lowest BCUT2D eigenvalue weighted by Crippen LogP contribution is -2.38. The van der Waals surface area contributed by atoms with E-state index in [2.05, 4.69) is 25.2 Å². The lowest BCUT2D eigenvalue weighted by atomic mass is 9.95. The molecule has 1 amide bonds. The van der Waals surface area contributed by atoms with Crippen molar-refractivity contribution in [3.8, 4) is 0 Å². The molecule has 2 aliphatic rings. The molecule has 8 nitrogen and oxygen atoms in total. The van der Waals surface area contributed by atoms with Gasteiger partial charge in [0.2, 0.25) is 0 Å². The van der Waals surface area contributed by atoms with Crippen LogP contribution in [-0.2, 0) is 19.6 Å². The normalized spacial score (nSPS) is 16.2. The Hall–Kier alpha value is -2.42. The molecule has 2 aliphatic heterocycles. The molecule has 4 heterocycles. The standard InChI is InChI=1S/C21H25N7O.2ClH/c29-21(18-4-2-16(3-5-18)15-27-10-1-8-23-27)26-11-6-17(7-12-26)20-25-24-19-14-22-9-13-28(19)20;;/h1-5,8,10,17,22H,6-7,9,11-15H2;2*1H. The first-order valence-corrected chi connectivity index (χ1v) is 10.3. The number of nitrogens with one attached hydrogen (secondary N) is 1. The molecule has 0 atom stereocenters. The Bertz CT molecular complexity index is 980. The molecule has 31 heavy (non-hydrogen) atoms. The highest BCUT2D eigenvalue weighted by molar-refractivity contribution is 5.94. The number of carbonyl (C=O) groups is 1. The van der Waals surface area contributed by atoms with Gasteiger partial charge in [-0.1, -0.05) is 12.1 Å². The third-order valence-electron chi connectivity index (χ3n) is 5.90. The van der Waals surface area contributed by atoms with E-state index < -0.39 is 0 Å². The van der Waals surface area contributed by atoms with Crippen molar-refractivity contribution in [2.24, 2.45) is 0 Å². The predicted molar refractivity (Wildman–Crippen MR) is 122 cm³/mol. The lowest BCUT2D eigenvalue weighted by molar-refractivity contribution is 0.0710. The van der Waals surface area contributed by atoms with Gasteiger partial charge in [0, 0.05) is 50.1 Å². The van der Waals surface area contributed by atoms with E-state index >= 15 is 0 Å². The van der Waals surface area contributed by atoms with Crippen LogP contribution in [0.25, 0.3) is 0 Å². The van der Waals surface area contributed by atoms with Crippen LogP contribution in [0.2, 0.25) is 0 Å². The van der Waals surface area contributed by atoms with Gasteiger partial charge in [-0.25, -0.2) is 0 Å². The second-order valence-corrected chi connectivity index (χ2v) is 7.77. The van der Waals surface area contributed by atoms with Crippen LogP contribution >= 0.6 is 24.8 Å². The predicted octanol–water partition coefficient (Wildman–Crippen LogP) is 2.49. The third-order valence-corrected chi connectivity index (χ3v) is 5.90. The van der Waals surface area contributed by atoms with Crippen molar-refractivity contribution in [2.45, 2.75) is 38.4 Å². The number of fused-ring (bicyclic) bond motifs is 1. The first-order chi connectivity index (χ1) is 14.3. The van der Waals surface area contributed by atoms with Crippen molar-refractivity contribution in [1.29, 1.82) is 0 Å². The lowest BCUT2D eigenvalue weighted by Gasteiger charge is -2.32. The van der Waals surface area contributed by atoms with E-state index in [4.69, 9.17) is 0 Å². The van der Waals surface area contributed by atoms with Gasteiger partial charge in [-0.05, 0) is 36.6 Å². The highest BCUT2D eigenvalue weighted by Gasteiger charge is 2.29. The summed E-state index contributed by atoms with van der Waals surface area (Å²) in [6.45, 7) is 4.93. The molecule has 166 valence electrons. The zero-order chi connectivity index (χ0) is 19.6. The van der Waals surface area contributed by atoms with Gasteiger partial charge in [0.15, 0.2) is 0 Å². The van der Waals surface area contributed by atoms with Crippen LogP contribution < -0.4 is 5.32 Å². The first-order valence-electron chi connectivity index (χ1n) is 10.3. The summed E-state index contributed by atoms with van der Waals surface area (Å²) in [5.41, 5.74) is 1.88. The molecule has 0 saturated carbocycles. The Kier molecular flexibility index (Phi) is 7.69. The largest absolute Gasteiger partial charge is 0.339 e. The Labute approximate surface area is 193 Å². The van der Waals surface area contributed by atoms with Crippen molar-refractivity contribution in [3.63, 3.8) is 0 Å². The Morgan fingerprint density at radius 2 is 1.84 bits per heavy atom. The van der Waals surface area contributed by atoms with Crippen LogP contribution in [0.3, 0.4) is 0 Å². The molecule has 0 aliphatic carbocycles. The molecule has 10 heteroatoms.